The van der Waals surface area contributed by atoms with Crippen molar-refractivity contribution in [2.45, 2.75) is 40.2 Å². The maximum atomic E-state index is 12.5. The fraction of sp³-hybridized carbons (Fsp3) is 0.417. The SMILES string of the molecule is CCCOc1ccc(C(=O)NC(=S)NCc2ccc(OCCC(C)C)c(OC)c2)cc1Br. The molecular weight excluding hydrogens is 492 g/mol. The highest BCUT2D eigenvalue weighted by atomic mass is 79.9. The van der Waals surface area contributed by atoms with Crippen molar-refractivity contribution in [3.05, 3.63) is 52.0 Å². The molecule has 0 saturated carbocycles. The van der Waals surface area contributed by atoms with Gasteiger partial charge in [-0.2, -0.15) is 0 Å². The summed E-state index contributed by atoms with van der Waals surface area (Å²) in [7, 11) is 1.61. The van der Waals surface area contributed by atoms with E-state index < -0.39 is 0 Å². The lowest BCUT2D eigenvalue weighted by Crippen LogP contribution is -2.38. The Hall–Kier alpha value is -2.32. The van der Waals surface area contributed by atoms with Gasteiger partial charge in [0.25, 0.3) is 5.91 Å². The summed E-state index contributed by atoms with van der Waals surface area (Å²) < 4.78 is 17.6. The molecule has 8 heteroatoms. The Labute approximate surface area is 204 Å². The normalized spacial score (nSPS) is 10.6. The third-order valence-corrected chi connectivity index (χ3v) is 5.38. The minimum Gasteiger partial charge on any atom is -0.493 e. The molecule has 1 amide bonds. The average molecular weight is 523 g/mol. The monoisotopic (exact) mass is 522 g/mol. The summed E-state index contributed by atoms with van der Waals surface area (Å²) in [6.07, 6.45) is 1.89. The highest BCUT2D eigenvalue weighted by Gasteiger charge is 2.12. The van der Waals surface area contributed by atoms with Gasteiger partial charge in [0.05, 0.1) is 24.8 Å². The second-order valence-electron chi connectivity index (χ2n) is 7.65. The molecule has 0 bridgehead atoms. The predicted octanol–water partition coefficient (Wildman–Crippen LogP) is 5.48. The maximum Gasteiger partial charge on any atom is 0.257 e. The van der Waals surface area contributed by atoms with Gasteiger partial charge in [0.15, 0.2) is 16.6 Å². The second-order valence-corrected chi connectivity index (χ2v) is 8.91. The first-order valence-electron chi connectivity index (χ1n) is 10.6. The number of ether oxygens (including phenoxy) is 3. The number of carbonyl (C=O) groups excluding carboxylic acids is 1. The van der Waals surface area contributed by atoms with Crippen LogP contribution in [0.15, 0.2) is 40.9 Å². The molecular formula is C24H31BrN2O4S. The van der Waals surface area contributed by atoms with Gasteiger partial charge in [-0.25, -0.2) is 0 Å². The van der Waals surface area contributed by atoms with Gasteiger partial charge in [-0.05, 0) is 82.8 Å². The Morgan fingerprint density at radius 3 is 2.44 bits per heavy atom. The molecule has 174 valence electrons. The van der Waals surface area contributed by atoms with E-state index in [9.17, 15) is 4.79 Å². The molecule has 2 rings (SSSR count). The molecule has 0 aliphatic carbocycles. The lowest BCUT2D eigenvalue weighted by atomic mass is 10.1. The van der Waals surface area contributed by atoms with Crippen LogP contribution >= 0.6 is 28.1 Å². The molecule has 0 aromatic heterocycles. The summed E-state index contributed by atoms with van der Waals surface area (Å²) in [6.45, 7) is 8.06. The van der Waals surface area contributed by atoms with Crippen LogP contribution in [0.25, 0.3) is 0 Å². The number of benzene rings is 2. The van der Waals surface area contributed by atoms with Gasteiger partial charge in [-0.3, -0.25) is 10.1 Å². The number of nitrogens with one attached hydrogen (secondary N) is 2. The van der Waals surface area contributed by atoms with Crippen molar-refractivity contribution < 1.29 is 19.0 Å². The van der Waals surface area contributed by atoms with Gasteiger partial charge in [-0.15, -0.1) is 0 Å². The van der Waals surface area contributed by atoms with Crippen LogP contribution in [-0.4, -0.2) is 31.3 Å². The maximum absolute atomic E-state index is 12.5. The summed E-state index contributed by atoms with van der Waals surface area (Å²) in [6, 6.07) is 10.9. The smallest absolute Gasteiger partial charge is 0.257 e. The zero-order chi connectivity index (χ0) is 23.5. The molecule has 2 aromatic carbocycles. The number of amides is 1. The number of hydrogen-bond acceptors (Lipinski definition) is 5. The second kappa shape index (κ2) is 13.3. The van der Waals surface area contributed by atoms with Crippen LogP contribution < -0.4 is 24.8 Å². The first-order valence-corrected chi connectivity index (χ1v) is 11.8. The van der Waals surface area contributed by atoms with Crippen molar-refractivity contribution in [1.82, 2.24) is 10.6 Å². The number of thiocarbonyl (C=S) groups is 1. The van der Waals surface area contributed by atoms with Gasteiger partial charge in [0, 0.05) is 12.1 Å². The van der Waals surface area contributed by atoms with Crippen molar-refractivity contribution in [3.8, 4) is 17.2 Å². The Morgan fingerprint density at radius 1 is 1.06 bits per heavy atom. The summed E-state index contributed by atoms with van der Waals surface area (Å²) in [5.41, 5.74) is 1.43. The van der Waals surface area contributed by atoms with Crippen molar-refractivity contribution in [2.24, 2.45) is 5.92 Å². The van der Waals surface area contributed by atoms with Crippen molar-refractivity contribution in [1.29, 1.82) is 0 Å². The molecule has 0 atom stereocenters. The van der Waals surface area contributed by atoms with Crippen LogP contribution in [0.3, 0.4) is 0 Å². The molecule has 0 unspecified atom stereocenters. The molecule has 2 aromatic rings. The topological polar surface area (TPSA) is 68.8 Å². The lowest BCUT2D eigenvalue weighted by molar-refractivity contribution is 0.0976. The molecule has 0 heterocycles. The van der Waals surface area contributed by atoms with Crippen LogP contribution in [0.5, 0.6) is 17.2 Å². The van der Waals surface area contributed by atoms with Gasteiger partial charge in [0.2, 0.25) is 0 Å². The van der Waals surface area contributed by atoms with Crippen LogP contribution in [0.4, 0.5) is 0 Å². The predicted molar refractivity (Wildman–Crippen MR) is 135 cm³/mol. The quantitative estimate of drug-likeness (QED) is 0.381. The summed E-state index contributed by atoms with van der Waals surface area (Å²) >= 11 is 8.72. The van der Waals surface area contributed by atoms with E-state index in [0.717, 1.165) is 22.9 Å². The zero-order valence-corrected chi connectivity index (χ0v) is 21.4. The summed E-state index contributed by atoms with van der Waals surface area (Å²) in [5, 5.41) is 5.99. The molecule has 0 aliphatic heterocycles. The number of carbonyl (C=O) groups is 1. The zero-order valence-electron chi connectivity index (χ0n) is 19.0. The van der Waals surface area contributed by atoms with Crippen LogP contribution in [0.1, 0.15) is 49.5 Å². The largest absolute Gasteiger partial charge is 0.493 e. The van der Waals surface area contributed by atoms with E-state index in [1.165, 1.54) is 0 Å². The van der Waals surface area contributed by atoms with Crippen molar-refractivity contribution in [2.75, 3.05) is 20.3 Å². The number of hydrogen-bond donors (Lipinski definition) is 2. The van der Waals surface area contributed by atoms with Crippen molar-refractivity contribution >= 4 is 39.2 Å². The third-order valence-electron chi connectivity index (χ3n) is 4.52. The fourth-order valence-corrected chi connectivity index (χ4v) is 3.38. The fourth-order valence-electron chi connectivity index (χ4n) is 2.72. The van der Waals surface area contributed by atoms with E-state index in [-0.39, 0.29) is 11.0 Å². The Kier molecular flexibility index (Phi) is 10.8. The minimum atomic E-state index is -0.295. The number of rotatable bonds is 11. The van der Waals surface area contributed by atoms with Gasteiger partial charge in [0.1, 0.15) is 5.75 Å². The molecule has 2 N–H and O–H groups in total. The molecule has 0 radical (unpaired) electrons. The Morgan fingerprint density at radius 2 is 1.78 bits per heavy atom. The minimum absolute atomic E-state index is 0.244. The summed E-state index contributed by atoms with van der Waals surface area (Å²) in [5.74, 6) is 2.36. The average Bonchev–Trinajstić information content (AvgIpc) is 2.77. The van der Waals surface area contributed by atoms with Gasteiger partial charge in [-0.1, -0.05) is 26.8 Å². The first-order chi connectivity index (χ1) is 15.3. The standard InChI is InChI=1S/C24H31BrN2O4S/c1-5-11-30-20-9-7-18(14-19(20)25)23(28)27-24(32)26-15-17-6-8-21(22(13-17)29-4)31-12-10-16(2)3/h6-9,13-14,16H,5,10-12,15H2,1-4H3,(H2,26,27,28,32). The molecule has 0 fully saturated rings. The van der Waals surface area contributed by atoms with E-state index in [1.54, 1.807) is 25.3 Å². The van der Waals surface area contributed by atoms with Gasteiger partial charge >= 0.3 is 0 Å². The third kappa shape index (κ3) is 8.31. The van der Waals surface area contributed by atoms with Gasteiger partial charge < -0.3 is 19.5 Å². The van der Waals surface area contributed by atoms with Crippen LogP contribution in [0, 0.1) is 5.92 Å². The van der Waals surface area contributed by atoms with E-state index >= 15 is 0 Å². The molecule has 0 spiro atoms. The van der Waals surface area contributed by atoms with E-state index in [2.05, 4.69) is 40.4 Å². The number of halogens is 1. The molecule has 6 nitrogen and oxygen atoms in total. The lowest BCUT2D eigenvalue weighted by Gasteiger charge is -2.14. The Bertz CT molecular complexity index is 921. The van der Waals surface area contributed by atoms with E-state index in [1.807, 2.05) is 25.1 Å². The molecule has 0 aliphatic rings. The number of methoxy groups -OCH3 is 1. The molecule has 32 heavy (non-hydrogen) atoms. The highest BCUT2D eigenvalue weighted by Crippen LogP contribution is 2.28. The Balaban J connectivity index is 1.89. The van der Waals surface area contributed by atoms with Crippen LogP contribution in [-0.2, 0) is 6.54 Å². The highest BCUT2D eigenvalue weighted by molar-refractivity contribution is 9.10. The van der Waals surface area contributed by atoms with E-state index in [4.69, 9.17) is 26.4 Å². The first kappa shape index (κ1) is 25.9. The van der Waals surface area contributed by atoms with E-state index in [0.29, 0.717) is 48.5 Å². The van der Waals surface area contributed by atoms with Crippen molar-refractivity contribution in [3.63, 3.8) is 0 Å². The van der Waals surface area contributed by atoms with Crippen LogP contribution in [0.2, 0.25) is 0 Å². The molecule has 0 saturated heterocycles. The summed E-state index contributed by atoms with van der Waals surface area (Å²) in [4.78, 5) is 12.5.